The van der Waals surface area contributed by atoms with Crippen LogP contribution < -0.4 is 10.2 Å². The van der Waals surface area contributed by atoms with Gasteiger partial charge in [0.15, 0.2) is 0 Å². The Hall–Kier alpha value is -0.140. The SMILES string of the molecule is O=C([O-])c1cc(Br)c(C(=O)[O-])cc1Br.[Ag+2]. The van der Waals surface area contributed by atoms with Gasteiger partial charge in [-0.05, 0) is 12.1 Å². The van der Waals surface area contributed by atoms with Crippen molar-refractivity contribution in [3.05, 3.63) is 32.2 Å². The minimum Gasteiger partial charge on any atom is -0.545 e. The Kier molecular flexibility index (Phi) is 5.76. The molecule has 4 nitrogen and oxygen atoms in total. The topological polar surface area (TPSA) is 80.3 Å². The first-order valence-electron chi connectivity index (χ1n) is 3.35. The van der Waals surface area contributed by atoms with E-state index >= 15 is 0 Å². The number of hydrogen-bond donors (Lipinski definition) is 0. The van der Waals surface area contributed by atoms with Crippen molar-refractivity contribution in [3.8, 4) is 0 Å². The molecule has 0 aliphatic carbocycles. The fourth-order valence-electron chi connectivity index (χ4n) is 0.860. The number of carbonyl (C=O) groups excluding carboxylic acids is 2. The van der Waals surface area contributed by atoms with Gasteiger partial charge in [-0.15, -0.1) is 0 Å². The first kappa shape index (κ1) is 14.9. The monoisotopic (exact) mass is 427 g/mol. The van der Waals surface area contributed by atoms with E-state index in [0.29, 0.717) is 0 Å². The number of halogens is 2. The van der Waals surface area contributed by atoms with Crippen LogP contribution in [0.2, 0.25) is 0 Å². The molecule has 0 spiro atoms. The molecular weight excluding hydrogens is 428 g/mol. The summed E-state index contributed by atoms with van der Waals surface area (Å²) in [6.07, 6.45) is 0. The van der Waals surface area contributed by atoms with Gasteiger partial charge >= 0.3 is 22.4 Å². The van der Waals surface area contributed by atoms with E-state index in [1.807, 2.05) is 0 Å². The molecular formula is C8H2AgBr2O4. The van der Waals surface area contributed by atoms with Crippen molar-refractivity contribution in [2.45, 2.75) is 0 Å². The van der Waals surface area contributed by atoms with E-state index < -0.39 is 11.9 Å². The molecule has 0 N–H and O–H groups in total. The maximum Gasteiger partial charge on any atom is 2.00 e. The van der Waals surface area contributed by atoms with Crippen molar-refractivity contribution >= 4 is 43.8 Å². The normalized spacial score (nSPS) is 9.20. The van der Waals surface area contributed by atoms with E-state index in [-0.39, 0.29) is 42.5 Å². The van der Waals surface area contributed by atoms with E-state index in [9.17, 15) is 19.8 Å². The molecule has 0 unspecified atom stereocenters. The van der Waals surface area contributed by atoms with Gasteiger partial charge < -0.3 is 19.8 Å². The Bertz CT molecular complexity index is 380. The molecule has 1 radical (unpaired) electrons. The number of carboxylic acid groups (broad SMARTS) is 2. The Balaban J connectivity index is 0.00000196. The third kappa shape index (κ3) is 3.42. The van der Waals surface area contributed by atoms with Crippen LogP contribution in [0.4, 0.5) is 0 Å². The molecule has 1 aromatic carbocycles. The van der Waals surface area contributed by atoms with Crippen molar-refractivity contribution in [1.82, 2.24) is 0 Å². The number of carboxylic acids is 2. The zero-order chi connectivity index (χ0) is 10.9. The summed E-state index contributed by atoms with van der Waals surface area (Å²) in [7, 11) is 0. The van der Waals surface area contributed by atoms with Crippen LogP contribution in [0.15, 0.2) is 21.1 Å². The zero-order valence-corrected chi connectivity index (χ0v) is 11.5. The number of carbonyl (C=O) groups is 2. The third-order valence-electron chi connectivity index (χ3n) is 1.50. The maximum atomic E-state index is 10.5. The van der Waals surface area contributed by atoms with Crippen LogP contribution in [-0.2, 0) is 22.4 Å². The van der Waals surface area contributed by atoms with E-state index in [1.54, 1.807) is 0 Å². The van der Waals surface area contributed by atoms with Gasteiger partial charge in [0, 0.05) is 20.1 Å². The predicted molar refractivity (Wildman–Crippen MR) is 50.5 cm³/mol. The molecule has 0 heterocycles. The second-order valence-electron chi connectivity index (χ2n) is 2.39. The molecule has 0 aliphatic heterocycles. The minimum absolute atomic E-state index is 0. The standard InChI is InChI=1S/C8H4Br2O4.Ag/c9-5-1-3(7(11)12)6(10)2-4(5)8(13)14;/h1-2H,(H,11,12)(H,13,14);/q;+2/p-2. The van der Waals surface area contributed by atoms with Gasteiger partial charge in [0.1, 0.15) is 0 Å². The number of rotatable bonds is 2. The second kappa shape index (κ2) is 5.81. The summed E-state index contributed by atoms with van der Waals surface area (Å²) in [4.78, 5) is 21.1. The molecule has 0 bridgehead atoms. The fourth-order valence-corrected chi connectivity index (χ4v) is 1.87. The van der Waals surface area contributed by atoms with Gasteiger partial charge in [-0.2, -0.15) is 0 Å². The second-order valence-corrected chi connectivity index (χ2v) is 4.10. The molecule has 15 heavy (non-hydrogen) atoms. The van der Waals surface area contributed by atoms with Crippen LogP contribution in [-0.4, -0.2) is 11.9 Å². The summed E-state index contributed by atoms with van der Waals surface area (Å²) in [5.41, 5.74) is -0.247. The molecule has 83 valence electrons. The first-order valence-corrected chi connectivity index (χ1v) is 4.94. The number of aromatic carboxylic acids is 2. The quantitative estimate of drug-likeness (QED) is 0.617. The zero-order valence-electron chi connectivity index (χ0n) is 6.85. The van der Waals surface area contributed by atoms with Crippen molar-refractivity contribution in [1.29, 1.82) is 0 Å². The summed E-state index contributed by atoms with van der Waals surface area (Å²) >= 11 is 5.83. The van der Waals surface area contributed by atoms with Gasteiger partial charge in [-0.3, -0.25) is 0 Å². The Morgan fingerprint density at radius 1 is 0.933 bits per heavy atom. The summed E-state index contributed by atoms with van der Waals surface area (Å²) in [5.74, 6) is -2.77. The average molecular weight is 430 g/mol. The van der Waals surface area contributed by atoms with Crippen LogP contribution in [0.3, 0.4) is 0 Å². The smallest absolute Gasteiger partial charge is 0.545 e. The third-order valence-corrected chi connectivity index (χ3v) is 2.81. The van der Waals surface area contributed by atoms with Gasteiger partial charge in [0.25, 0.3) is 0 Å². The molecule has 0 aromatic heterocycles. The van der Waals surface area contributed by atoms with Gasteiger partial charge in [0.05, 0.1) is 11.9 Å². The van der Waals surface area contributed by atoms with Crippen molar-refractivity contribution in [3.63, 3.8) is 0 Å². The maximum absolute atomic E-state index is 10.5. The Morgan fingerprint density at radius 3 is 1.40 bits per heavy atom. The van der Waals surface area contributed by atoms with Crippen molar-refractivity contribution in [2.75, 3.05) is 0 Å². The first-order chi connectivity index (χ1) is 6.43. The largest absolute Gasteiger partial charge is 2.00 e. The van der Waals surface area contributed by atoms with Gasteiger partial charge in [-0.25, -0.2) is 0 Å². The summed E-state index contributed by atoms with van der Waals surface area (Å²) in [6.45, 7) is 0. The van der Waals surface area contributed by atoms with Crippen LogP contribution in [0.25, 0.3) is 0 Å². The summed E-state index contributed by atoms with van der Waals surface area (Å²) in [5, 5.41) is 21.1. The van der Waals surface area contributed by atoms with Gasteiger partial charge in [-0.1, -0.05) is 31.9 Å². The molecule has 0 aliphatic rings. The van der Waals surface area contributed by atoms with Crippen molar-refractivity contribution < 1.29 is 42.2 Å². The van der Waals surface area contributed by atoms with E-state index in [4.69, 9.17) is 0 Å². The molecule has 0 fully saturated rings. The molecule has 1 rings (SSSR count). The van der Waals surface area contributed by atoms with E-state index in [1.165, 1.54) is 0 Å². The van der Waals surface area contributed by atoms with E-state index in [0.717, 1.165) is 12.1 Å². The molecule has 0 saturated heterocycles. The Labute approximate surface area is 117 Å². The average Bonchev–Trinajstić information content (AvgIpc) is 2.07. The summed E-state index contributed by atoms with van der Waals surface area (Å²) < 4.78 is 0.278. The molecule has 7 heteroatoms. The van der Waals surface area contributed by atoms with Crippen LogP contribution in [0.1, 0.15) is 20.7 Å². The van der Waals surface area contributed by atoms with E-state index in [2.05, 4.69) is 31.9 Å². The van der Waals surface area contributed by atoms with Crippen LogP contribution >= 0.6 is 31.9 Å². The minimum atomic E-state index is -1.39. The summed E-state index contributed by atoms with van der Waals surface area (Å²) in [6, 6.07) is 2.29. The Morgan fingerprint density at radius 2 is 1.20 bits per heavy atom. The van der Waals surface area contributed by atoms with Crippen molar-refractivity contribution in [2.24, 2.45) is 0 Å². The van der Waals surface area contributed by atoms with Gasteiger partial charge in [0.2, 0.25) is 0 Å². The predicted octanol–water partition coefficient (Wildman–Crippen LogP) is -0.0639. The molecule has 1 aromatic rings. The van der Waals surface area contributed by atoms with Crippen LogP contribution in [0.5, 0.6) is 0 Å². The fraction of sp³-hybridized carbons (Fsp3) is 0. The molecule has 0 amide bonds. The number of hydrogen-bond acceptors (Lipinski definition) is 4. The number of benzene rings is 1. The van der Waals surface area contributed by atoms with Crippen LogP contribution in [0, 0.1) is 0 Å². The molecule has 0 atom stereocenters. The molecule has 0 saturated carbocycles.